The molecule has 0 saturated carbocycles. The zero-order valence-corrected chi connectivity index (χ0v) is 16.6. The summed E-state index contributed by atoms with van der Waals surface area (Å²) in [5.41, 5.74) is 5.41. The molecule has 2 aromatic rings. The molecule has 2 aliphatic rings. The lowest BCUT2D eigenvalue weighted by molar-refractivity contribution is -0.0658. The normalized spacial score (nSPS) is 23.5. The van der Waals surface area contributed by atoms with Gasteiger partial charge in [-0.25, -0.2) is 5.01 Å². The molecule has 5 nitrogen and oxygen atoms in total. The summed E-state index contributed by atoms with van der Waals surface area (Å²) in [5, 5.41) is 15.1. The highest BCUT2D eigenvalue weighted by molar-refractivity contribution is 6.35. The second-order valence-electron chi connectivity index (χ2n) is 6.73. The summed E-state index contributed by atoms with van der Waals surface area (Å²) in [6.07, 6.45) is -5.97. The molecule has 0 fully saturated rings. The van der Waals surface area contributed by atoms with Crippen molar-refractivity contribution >= 4 is 34.6 Å². The molecule has 0 amide bonds. The molecule has 2 heterocycles. The highest BCUT2D eigenvalue weighted by atomic mass is 35.5. The van der Waals surface area contributed by atoms with Gasteiger partial charge < -0.3 is 10.5 Å². The molecule has 2 N–H and O–H groups in total. The number of nitrogens with two attached hydrogens (primary N) is 1. The number of benzene rings is 2. The first kappa shape index (κ1) is 20.4. The molecule has 2 aliphatic heterocycles. The zero-order chi connectivity index (χ0) is 21.6. The maximum absolute atomic E-state index is 14.0. The molecule has 30 heavy (non-hydrogen) atoms. The van der Waals surface area contributed by atoms with Crippen LogP contribution in [0.25, 0.3) is 0 Å². The second-order valence-corrected chi connectivity index (χ2v) is 7.57. The number of ether oxygens (including phenoxy) is 1. The van der Waals surface area contributed by atoms with Gasteiger partial charge in [0.25, 0.3) is 0 Å². The summed E-state index contributed by atoms with van der Waals surface area (Å²) in [7, 11) is 0. The van der Waals surface area contributed by atoms with E-state index in [1.807, 2.05) is 6.07 Å². The molecule has 0 unspecified atom stereocenters. The number of nitriles is 1. The quantitative estimate of drug-likeness (QED) is 0.680. The Morgan fingerprint density at radius 3 is 2.43 bits per heavy atom. The van der Waals surface area contributed by atoms with Crippen LogP contribution >= 0.6 is 23.2 Å². The minimum Gasteiger partial charge on any atom is -0.452 e. The van der Waals surface area contributed by atoms with Gasteiger partial charge in [0.1, 0.15) is 6.07 Å². The molecule has 10 heteroatoms. The Labute approximate surface area is 179 Å². The summed E-state index contributed by atoms with van der Waals surface area (Å²) < 4.78 is 47.6. The van der Waals surface area contributed by atoms with Crippen molar-refractivity contribution in [3.05, 3.63) is 75.6 Å². The van der Waals surface area contributed by atoms with E-state index in [1.54, 1.807) is 30.3 Å². The van der Waals surface area contributed by atoms with E-state index in [9.17, 15) is 18.4 Å². The summed E-state index contributed by atoms with van der Waals surface area (Å²) in [6, 6.07) is 14.5. The van der Waals surface area contributed by atoms with Gasteiger partial charge in [-0.05, 0) is 29.8 Å². The van der Waals surface area contributed by atoms with E-state index >= 15 is 0 Å². The van der Waals surface area contributed by atoms with Gasteiger partial charge in [0, 0.05) is 16.0 Å². The van der Waals surface area contributed by atoms with Crippen LogP contribution in [0.3, 0.4) is 0 Å². The average Bonchev–Trinajstić information content (AvgIpc) is 3.07. The standard InChI is InChI=1S/C20H13Cl2F3N4O/c21-10-6-7-12(14(22)8-10)15-13(9-26)18(27)30-19-16(15)17(20(23,24)25)28-29(19)11-4-2-1-3-5-11/h1-8,15-16,19H,27H2/t15-,16-,19+/m0/s1. The Bertz CT molecular complexity index is 1100. The van der Waals surface area contributed by atoms with Crippen molar-refractivity contribution in [3.63, 3.8) is 0 Å². The Morgan fingerprint density at radius 2 is 1.83 bits per heavy atom. The second kappa shape index (κ2) is 7.42. The van der Waals surface area contributed by atoms with E-state index in [2.05, 4.69) is 5.10 Å². The molecular formula is C20H13Cl2F3N4O. The molecule has 154 valence electrons. The van der Waals surface area contributed by atoms with Gasteiger partial charge >= 0.3 is 6.18 Å². The molecular weight excluding hydrogens is 440 g/mol. The third-order valence-electron chi connectivity index (χ3n) is 4.99. The predicted molar refractivity (Wildman–Crippen MR) is 107 cm³/mol. The van der Waals surface area contributed by atoms with Gasteiger partial charge in [0.05, 0.1) is 17.2 Å². The van der Waals surface area contributed by atoms with Gasteiger partial charge in [-0.1, -0.05) is 47.5 Å². The van der Waals surface area contributed by atoms with Crippen molar-refractivity contribution in [3.8, 4) is 6.07 Å². The van der Waals surface area contributed by atoms with Gasteiger partial charge in [-0.15, -0.1) is 0 Å². The molecule has 3 atom stereocenters. The minimum atomic E-state index is -4.76. The van der Waals surface area contributed by atoms with Crippen molar-refractivity contribution in [2.45, 2.75) is 18.3 Å². The van der Waals surface area contributed by atoms with E-state index < -0.39 is 30.0 Å². The van der Waals surface area contributed by atoms with Crippen LogP contribution in [0, 0.1) is 17.2 Å². The third-order valence-corrected chi connectivity index (χ3v) is 5.55. The summed E-state index contributed by atoms with van der Waals surface area (Å²) in [6.45, 7) is 0. The van der Waals surface area contributed by atoms with Crippen LogP contribution in [0.15, 0.2) is 65.1 Å². The van der Waals surface area contributed by atoms with Crippen LogP contribution < -0.4 is 10.7 Å². The number of rotatable bonds is 2. The van der Waals surface area contributed by atoms with Crippen LogP contribution in [0.2, 0.25) is 10.0 Å². The lowest BCUT2D eigenvalue weighted by Crippen LogP contribution is -2.46. The van der Waals surface area contributed by atoms with Crippen molar-refractivity contribution in [2.24, 2.45) is 16.8 Å². The van der Waals surface area contributed by atoms with Crippen LogP contribution in [0.1, 0.15) is 11.5 Å². The lowest BCUT2D eigenvalue weighted by Gasteiger charge is -2.37. The van der Waals surface area contributed by atoms with Crippen molar-refractivity contribution in [1.29, 1.82) is 5.26 Å². The van der Waals surface area contributed by atoms with E-state index in [0.29, 0.717) is 10.7 Å². The molecule has 4 rings (SSSR count). The maximum atomic E-state index is 14.0. The van der Waals surface area contributed by atoms with Crippen molar-refractivity contribution < 1.29 is 17.9 Å². The largest absolute Gasteiger partial charge is 0.452 e. The number of fused-ring (bicyclic) bond motifs is 1. The molecule has 0 saturated heterocycles. The molecule has 0 aromatic heterocycles. The fourth-order valence-corrected chi connectivity index (χ4v) is 4.28. The Hall–Kier alpha value is -2.89. The average molecular weight is 453 g/mol. The molecule has 0 radical (unpaired) electrons. The fraction of sp³-hybridized carbons (Fsp3) is 0.200. The van der Waals surface area contributed by atoms with Gasteiger partial charge in [-0.3, -0.25) is 0 Å². The number of alkyl halides is 3. The van der Waals surface area contributed by atoms with Gasteiger partial charge in [0.15, 0.2) is 5.71 Å². The lowest BCUT2D eigenvalue weighted by atomic mass is 9.76. The molecule has 2 aromatic carbocycles. The monoisotopic (exact) mass is 452 g/mol. The van der Waals surface area contributed by atoms with Crippen molar-refractivity contribution in [2.75, 3.05) is 5.01 Å². The Morgan fingerprint density at radius 1 is 1.13 bits per heavy atom. The van der Waals surface area contributed by atoms with E-state index in [-0.39, 0.29) is 22.0 Å². The number of halogens is 5. The number of nitrogens with zero attached hydrogens (tertiary/aromatic N) is 3. The van der Waals surface area contributed by atoms with Crippen LogP contribution in [0.4, 0.5) is 18.9 Å². The molecule has 0 aliphatic carbocycles. The molecule has 0 spiro atoms. The topological polar surface area (TPSA) is 74.6 Å². The summed E-state index contributed by atoms with van der Waals surface area (Å²) >= 11 is 12.3. The Balaban J connectivity index is 1.93. The van der Waals surface area contributed by atoms with E-state index in [0.717, 1.165) is 5.01 Å². The Kier molecular flexibility index (Phi) is 5.04. The first-order valence-electron chi connectivity index (χ1n) is 8.73. The van der Waals surface area contributed by atoms with Crippen molar-refractivity contribution in [1.82, 2.24) is 0 Å². The predicted octanol–water partition coefficient (Wildman–Crippen LogP) is 5.18. The number of hydrogen-bond donors (Lipinski definition) is 1. The number of anilines is 1. The first-order valence-corrected chi connectivity index (χ1v) is 9.49. The third kappa shape index (κ3) is 3.34. The van der Waals surface area contributed by atoms with Gasteiger partial charge in [0.2, 0.25) is 12.1 Å². The summed E-state index contributed by atoms with van der Waals surface area (Å²) in [4.78, 5) is 0. The number of hydrogen-bond acceptors (Lipinski definition) is 5. The fourth-order valence-electron chi connectivity index (χ4n) is 3.76. The highest BCUT2D eigenvalue weighted by Gasteiger charge is 2.58. The minimum absolute atomic E-state index is 0.119. The summed E-state index contributed by atoms with van der Waals surface area (Å²) in [5.74, 6) is -2.76. The smallest absolute Gasteiger partial charge is 0.431 e. The SMILES string of the molecule is N#CC1=C(N)O[C@@H]2[C@H](C(C(F)(F)F)=NN2c2ccccc2)[C@H]1c1ccc(Cl)cc1Cl. The van der Waals surface area contributed by atoms with Crippen LogP contribution in [-0.2, 0) is 4.74 Å². The van der Waals surface area contributed by atoms with Crippen LogP contribution in [0.5, 0.6) is 0 Å². The highest BCUT2D eigenvalue weighted by Crippen LogP contribution is 2.50. The van der Waals surface area contributed by atoms with E-state index in [4.69, 9.17) is 33.7 Å². The zero-order valence-electron chi connectivity index (χ0n) is 15.1. The number of para-hydroxylation sites is 1. The van der Waals surface area contributed by atoms with Crippen LogP contribution in [-0.4, -0.2) is 18.1 Å². The molecule has 0 bridgehead atoms. The number of allylic oxidation sites excluding steroid dienone is 1. The number of hydrazone groups is 1. The first-order chi connectivity index (χ1) is 14.2. The van der Waals surface area contributed by atoms with E-state index in [1.165, 1.54) is 18.2 Å². The maximum Gasteiger partial charge on any atom is 0.431 e. The van der Waals surface area contributed by atoms with Gasteiger partial charge in [-0.2, -0.15) is 23.5 Å².